The number of benzene rings is 1. The molecule has 0 spiro atoms. The van der Waals surface area contributed by atoms with E-state index in [2.05, 4.69) is 20.9 Å². The van der Waals surface area contributed by atoms with Crippen molar-refractivity contribution >= 4 is 23.5 Å². The zero-order chi connectivity index (χ0) is 22.8. The van der Waals surface area contributed by atoms with Gasteiger partial charge in [-0.2, -0.15) is 0 Å². The van der Waals surface area contributed by atoms with Crippen molar-refractivity contribution in [3.63, 3.8) is 0 Å². The molecule has 8 nitrogen and oxygen atoms in total. The number of anilines is 1. The van der Waals surface area contributed by atoms with E-state index in [4.69, 9.17) is 4.74 Å². The minimum atomic E-state index is -0.112. The summed E-state index contributed by atoms with van der Waals surface area (Å²) >= 11 is 0. The van der Waals surface area contributed by atoms with Gasteiger partial charge in [0, 0.05) is 50.3 Å². The summed E-state index contributed by atoms with van der Waals surface area (Å²) in [5.74, 6) is 1.90. The van der Waals surface area contributed by atoms with Crippen LogP contribution in [0.5, 0.6) is 5.75 Å². The van der Waals surface area contributed by atoms with Crippen LogP contribution >= 0.6 is 0 Å². The van der Waals surface area contributed by atoms with Crippen molar-refractivity contribution in [3.05, 3.63) is 24.3 Å². The van der Waals surface area contributed by atoms with Gasteiger partial charge in [-0.05, 0) is 38.3 Å². The predicted molar refractivity (Wildman–Crippen MR) is 127 cm³/mol. The van der Waals surface area contributed by atoms with Gasteiger partial charge >= 0.3 is 0 Å². The minimum absolute atomic E-state index is 0.112. The van der Waals surface area contributed by atoms with Crippen LogP contribution in [0.4, 0.5) is 5.69 Å². The minimum Gasteiger partial charge on any atom is -0.492 e. The van der Waals surface area contributed by atoms with Crippen molar-refractivity contribution in [2.45, 2.75) is 58.4 Å². The quantitative estimate of drug-likeness (QED) is 0.326. The largest absolute Gasteiger partial charge is 0.492 e. The summed E-state index contributed by atoms with van der Waals surface area (Å²) in [5, 5.41) is 9.50. The summed E-state index contributed by atoms with van der Waals surface area (Å²) < 4.78 is 5.78. The van der Waals surface area contributed by atoms with Crippen molar-refractivity contribution in [2.75, 3.05) is 38.1 Å². The number of rotatable bonds is 8. The summed E-state index contributed by atoms with van der Waals surface area (Å²) in [6, 6.07) is 7.54. The van der Waals surface area contributed by atoms with Gasteiger partial charge in [0.1, 0.15) is 12.4 Å². The normalized spacial score (nSPS) is 19.5. The number of nitrogens with one attached hydrogen (secondary N) is 3. The van der Waals surface area contributed by atoms with E-state index in [9.17, 15) is 9.59 Å². The first-order valence-electron chi connectivity index (χ1n) is 11.9. The standard InChI is InChI=1S/C24H37N5O3/c1-3-25-24(26-13-15-32-22-11-7-10-20(16-22)27-18(2)30)28-21-12-14-29(17-21)23(31)19-8-5-4-6-9-19/h7,10-11,16,19,21H,3-6,8-9,12-15,17H2,1-2H3,(H,27,30)(H2,25,26,28). The van der Waals surface area contributed by atoms with E-state index in [1.165, 1.54) is 26.2 Å². The van der Waals surface area contributed by atoms with E-state index in [1.54, 1.807) is 6.07 Å². The van der Waals surface area contributed by atoms with Crippen LogP contribution in [0.2, 0.25) is 0 Å². The highest BCUT2D eigenvalue weighted by molar-refractivity contribution is 5.88. The lowest BCUT2D eigenvalue weighted by molar-refractivity contribution is -0.135. The van der Waals surface area contributed by atoms with Gasteiger partial charge < -0.3 is 25.6 Å². The maximum Gasteiger partial charge on any atom is 0.225 e. The van der Waals surface area contributed by atoms with E-state index >= 15 is 0 Å². The van der Waals surface area contributed by atoms with Crippen LogP contribution in [0.25, 0.3) is 0 Å². The molecule has 1 unspecified atom stereocenters. The van der Waals surface area contributed by atoms with Crippen LogP contribution in [0.1, 0.15) is 52.4 Å². The maximum atomic E-state index is 12.8. The number of carbonyl (C=O) groups excluding carboxylic acids is 2. The molecule has 1 heterocycles. The molecule has 176 valence electrons. The van der Waals surface area contributed by atoms with Crippen molar-refractivity contribution in [3.8, 4) is 5.75 Å². The number of carbonyl (C=O) groups is 2. The van der Waals surface area contributed by atoms with Crippen molar-refractivity contribution in [1.82, 2.24) is 15.5 Å². The first-order valence-corrected chi connectivity index (χ1v) is 11.9. The fourth-order valence-electron chi connectivity index (χ4n) is 4.39. The van der Waals surface area contributed by atoms with Crippen LogP contribution in [0.3, 0.4) is 0 Å². The number of amides is 2. The Morgan fingerprint density at radius 3 is 2.75 bits per heavy atom. The fourth-order valence-corrected chi connectivity index (χ4v) is 4.39. The van der Waals surface area contributed by atoms with Gasteiger partial charge in [0.05, 0.1) is 6.54 Å². The zero-order valence-corrected chi connectivity index (χ0v) is 19.4. The molecule has 2 amide bonds. The van der Waals surface area contributed by atoms with Gasteiger partial charge in [0.15, 0.2) is 5.96 Å². The lowest BCUT2D eigenvalue weighted by Crippen LogP contribution is -2.45. The third kappa shape index (κ3) is 7.43. The van der Waals surface area contributed by atoms with E-state index in [-0.39, 0.29) is 17.9 Å². The molecule has 0 aromatic heterocycles. The molecule has 1 aromatic carbocycles. The molecule has 3 N–H and O–H groups in total. The predicted octanol–water partition coefficient (Wildman–Crippen LogP) is 2.76. The molecule has 0 bridgehead atoms. The Bertz CT molecular complexity index is 792. The number of likely N-dealkylation sites (tertiary alicyclic amines) is 1. The first kappa shape index (κ1) is 23.9. The molecule has 0 radical (unpaired) electrons. The Kier molecular flexibility index (Phi) is 9.19. The summed E-state index contributed by atoms with van der Waals surface area (Å²) in [6.07, 6.45) is 6.66. The molecule has 3 rings (SSSR count). The highest BCUT2D eigenvalue weighted by Crippen LogP contribution is 2.26. The zero-order valence-electron chi connectivity index (χ0n) is 19.4. The molecule has 1 atom stereocenters. The molecule has 1 aliphatic heterocycles. The number of hydrogen-bond acceptors (Lipinski definition) is 4. The number of nitrogens with zero attached hydrogens (tertiary/aromatic N) is 2. The molecule has 2 aliphatic rings. The molecule has 2 fully saturated rings. The smallest absolute Gasteiger partial charge is 0.225 e. The van der Waals surface area contributed by atoms with Crippen LogP contribution in [-0.4, -0.2) is 61.5 Å². The number of guanidine groups is 1. The fraction of sp³-hybridized carbons (Fsp3) is 0.625. The second-order valence-electron chi connectivity index (χ2n) is 8.57. The molecule has 32 heavy (non-hydrogen) atoms. The highest BCUT2D eigenvalue weighted by Gasteiger charge is 2.31. The molecule has 1 saturated heterocycles. The van der Waals surface area contributed by atoms with E-state index in [0.29, 0.717) is 30.5 Å². The Balaban J connectivity index is 1.44. The second kappa shape index (κ2) is 12.3. The molecular weight excluding hydrogens is 406 g/mol. The molecular formula is C24H37N5O3. The number of ether oxygens (including phenoxy) is 1. The van der Waals surface area contributed by atoms with E-state index in [1.807, 2.05) is 30.0 Å². The molecule has 1 saturated carbocycles. The maximum absolute atomic E-state index is 12.8. The van der Waals surface area contributed by atoms with Gasteiger partial charge in [0.2, 0.25) is 11.8 Å². The van der Waals surface area contributed by atoms with Crippen LogP contribution in [0, 0.1) is 5.92 Å². The average molecular weight is 444 g/mol. The SMILES string of the molecule is CCNC(=NCCOc1cccc(NC(C)=O)c1)NC1CCN(C(=O)C2CCCCC2)C1. The Hall–Kier alpha value is -2.77. The van der Waals surface area contributed by atoms with Gasteiger partial charge in [0.25, 0.3) is 0 Å². The lowest BCUT2D eigenvalue weighted by Gasteiger charge is -2.26. The molecule has 1 aromatic rings. The lowest BCUT2D eigenvalue weighted by atomic mass is 9.88. The van der Waals surface area contributed by atoms with E-state index < -0.39 is 0 Å². The van der Waals surface area contributed by atoms with Gasteiger partial charge in [-0.15, -0.1) is 0 Å². The third-order valence-corrected chi connectivity index (χ3v) is 5.92. The summed E-state index contributed by atoms with van der Waals surface area (Å²) in [6.45, 7) is 6.77. The van der Waals surface area contributed by atoms with Gasteiger partial charge in [-0.25, -0.2) is 4.99 Å². The van der Waals surface area contributed by atoms with Crippen LogP contribution in [0.15, 0.2) is 29.3 Å². The van der Waals surface area contributed by atoms with Crippen LogP contribution in [-0.2, 0) is 9.59 Å². The monoisotopic (exact) mass is 443 g/mol. The summed E-state index contributed by atoms with van der Waals surface area (Å²) in [4.78, 5) is 30.6. The van der Waals surface area contributed by atoms with Gasteiger partial charge in [-0.3, -0.25) is 9.59 Å². The van der Waals surface area contributed by atoms with E-state index in [0.717, 1.165) is 44.9 Å². The van der Waals surface area contributed by atoms with Crippen molar-refractivity contribution in [1.29, 1.82) is 0 Å². The first-order chi connectivity index (χ1) is 15.5. The van der Waals surface area contributed by atoms with Gasteiger partial charge in [-0.1, -0.05) is 25.3 Å². The second-order valence-corrected chi connectivity index (χ2v) is 8.57. The van der Waals surface area contributed by atoms with Crippen molar-refractivity contribution < 1.29 is 14.3 Å². The number of hydrogen-bond donors (Lipinski definition) is 3. The van der Waals surface area contributed by atoms with Crippen LogP contribution < -0.4 is 20.7 Å². The summed E-state index contributed by atoms with van der Waals surface area (Å²) in [5.41, 5.74) is 0.710. The third-order valence-electron chi connectivity index (χ3n) is 5.92. The molecule has 1 aliphatic carbocycles. The summed E-state index contributed by atoms with van der Waals surface area (Å²) in [7, 11) is 0. The Morgan fingerprint density at radius 1 is 1.19 bits per heavy atom. The average Bonchev–Trinajstić information content (AvgIpc) is 3.25. The Labute approximate surface area is 191 Å². The topological polar surface area (TPSA) is 95.1 Å². The molecule has 8 heteroatoms. The highest BCUT2D eigenvalue weighted by atomic mass is 16.5. The number of aliphatic imine (C=N–C) groups is 1. The Morgan fingerprint density at radius 2 is 2.00 bits per heavy atom. The van der Waals surface area contributed by atoms with Crippen molar-refractivity contribution in [2.24, 2.45) is 10.9 Å².